The van der Waals surface area contributed by atoms with E-state index in [0.717, 1.165) is 31.2 Å². The Morgan fingerprint density at radius 1 is 1.33 bits per heavy atom. The standard InChI is InChI=1S/C17H25NO3/c1-18(12-15(19)13-21-2)16(20)17(10-6-7-11-17)14-8-4-3-5-9-14/h3-5,8-9,15,19H,6-7,10-13H2,1-2H3. The SMILES string of the molecule is COCC(O)CN(C)C(=O)C1(c2ccccc2)CCCC1. The fourth-order valence-electron chi connectivity index (χ4n) is 3.37. The summed E-state index contributed by atoms with van der Waals surface area (Å²) in [6.45, 7) is 0.553. The Hall–Kier alpha value is -1.39. The Kier molecular flexibility index (Phi) is 5.37. The third-order valence-electron chi connectivity index (χ3n) is 4.38. The molecule has 2 rings (SSSR count). The number of amides is 1. The largest absolute Gasteiger partial charge is 0.389 e. The number of carbonyl (C=O) groups excluding carboxylic acids is 1. The summed E-state index contributed by atoms with van der Waals surface area (Å²) in [5.41, 5.74) is 0.684. The van der Waals surface area contributed by atoms with Gasteiger partial charge in [-0.25, -0.2) is 0 Å². The van der Waals surface area contributed by atoms with Crippen LogP contribution in [-0.4, -0.2) is 49.3 Å². The minimum atomic E-state index is -0.641. The molecule has 1 aromatic rings. The molecule has 0 spiro atoms. The highest BCUT2D eigenvalue weighted by molar-refractivity contribution is 5.88. The molecular formula is C17H25NO3. The summed E-state index contributed by atoms with van der Waals surface area (Å²) in [6.07, 6.45) is 3.30. The van der Waals surface area contributed by atoms with Gasteiger partial charge in [-0.2, -0.15) is 0 Å². The number of ether oxygens (including phenoxy) is 1. The molecular weight excluding hydrogens is 266 g/mol. The first-order valence-corrected chi connectivity index (χ1v) is 7.58. The highest BCUT2D eigenvalue weighted by atomic mass is 16.5. The van der Waals surface area contributed by atoms with Gasteiger partial charge in [-0.3, -0.25) is 4.79 Å². The van der Waals surface area contributed by atoms with Gasteiger partial charge in [-0.15, -0.1) is 0 Å². The molecule has 0 bridgehead atoms. The highest BCUT2D eigenvalue weighted by Gasteiger charge is 2.44. The van der Waals surface area contributed by atoms with Crippen LogP contribution in [0.3, 0.4) is 0 Å². The van der Waals surface area contributed by atoms with Crippen LogP contribution in [0.2, 0.25) is 0 Å². The van der Waals surface area contributed by atoms with Crippen LogP contribution in [0.4, 0.5) is 0 Å². The van der Waals surface area contributed by atoms with Crippen LogP contribution in [0, 0.1) is 0 Å². The maximum Gasteiger partial charge on any atom is 0.233 e. The second kappa shape index (κ2) is 7.05. The molecule has 21 heavy (non-hydrogen) atoms. The zero-order valence-corrected chi connectivity index (χ0v) is 12.9. The fraction of sp³-hybridized carbons (Fsp3) is 0.588. The van der Waals surface area contributed by atoms with Crippen molar-refractivity contribution in [2.75, 3.05) is 27.3 Å². The lowest BCUT2D eigenvalue weighted by molar-refractivity contribution is -0.137. The lowest BCUT2D eigenvalue weighted by Gasteiger charge is -2.33. The molecule has 1 unspecified atom stereocenters. The maximum atomic E-state index is 13.0. The minimum Gasteiger partial charge on any atom is -0.389 e. The Bertz CT molecular complexity index is 454. The van der Waals surface area contributed by atoms with E-state index in [1.165, 1.54) is 0 Å². The number of carbonyl (C=O) groups is 1. The van der Waals surface area contributed by atoms with E-state index in [4.69, 9.17) is 4.74 Å². The Morgan fingerprint density at radius 2 is 1.95 bits per heavy atom. The molecule has 0 heterocycles. The van der Waals surface area contributed by atoms with Gasteiger partial charge in [0.05, 0.1) is 18.1 Å². The second-order valence-electron chi connectivity index (χ2n) is 5.95. The first kappa shape index (κ1) is 16.0. The number of benzene rings is 1. The van der Waals surface area contributed by atoms with Crippen molar-refractivity contribution in [1.82, 2.24) is 4.90 Å². The third-order valence-corrected chi connectivity index (χ3v) is 4.38. The van der Waals surface area contributed by atoms with Crippen molar-refractivity contribution in [3.05, 3.63) is 35.9 Å². The summed E-state index contributed by atoms with van der Waals surface area (Å²) in [7, 11) is 3.32. The van der Waals surface area contributed by atoms with E-state index in [0.29, 0.717) is 6.54 Å². The topological polar surface area (TPSA) is 49.8 Å². The molecule has 1 fully saturated rings. The third kappa shape index (κ3) is 3.44. The zero-order chi connectivity index (χ0) is 15.3. The highest BCUT2D eigenvalue weighted by Crippen LogP contribution is 2.42. The molecule has 1 amide bonds. The van der Waals surface area contributed by atoms with E-state index in [9.17, 15) is 9.90 Å². The van der Waals surface area contributed by atoms with E-state index < -0.39 is 11.5 Å². The lowest BCUT2D eigenvalue weighted by atomic mass is 9.77. The number of aliphatic hydroxyl groups is 1. The van der Waals surface area contributed by atoms with Crippen LogP contribution < -0.4 is 0 Å². The van der Waals surface area contributed by atoms with Crippen molar-refractivity contribution in [2.24, 2.45) is 0 Å². The van der Waals surface area contributed by atoms with Crippen molar-refractivity contribution in [1.29, 1.82) is 0 Å². The van der Waals surface area contributed by atoms with Crippen LogP contribution in [0.15, 0.2) is 30.3 Å². The van der Waals surface area contributed by atoms with Gasteiger partial charge in [0.1, 0.15) is 0 Å². The van der Waals surface area contributed by atoms with Crippen molar-refractivity contribution in [2.45, 2.75) is 37.2 Å². The molecule has 0 saturated heterocycles. The number of methoxy groups -OCH3 is 1. The molecule has 4 nitrogen and oxygen atoms in total. The van der Waals surface area contributed by atoms with Gasteiger partial charge in [0.2, 0.25) is 5.91 Å². The summed E-state index contributed by atoms with van der Waals surface area (Å²) in [6, 6.07) is 10.0. The van der Waals surface area contributed by atoms with Crippen molar-refractivity contribution >= 4 is 5.91 Å². The molecule has 0 aliphatic heterocycles. The molecule has 1 saturated carbocycles. The van der Waals surface area contributed by atoms with Gasteiger partial charge in [0, 0.05) is 20.7 Å². The van der Waals surface area contributed by atoms with Crippen LogP contribution in [0.1, 0.15) is 31.2 Å². The van der Waals surface area contributed by atoms with E-state index >= 15 is 0 Å². The van der Waals surface area contributed by atoms with Crippen LogP contribution in [-0.2, 0) is 14.9 Å². The van der Waals surface area contributed by atoms with Crippen molar-refractivity contribution < 1.29 is 14.6 Å². The number of hydrogen-bond donors (Lipinski definition) is 1. The van der Waals surface area contributed by atoms with Gasteiger partial charge in [0.15, 0.2) is 0 Å². The molecule has 1 N–H and O–H groups in total. The monoisotopic (exact) mass is 291 g/mol. The lowest BCUT2D eigenvalue weighted by Crippen LogP contribution is -2.46. The molecule has 0 radical (unpaired) electrons. The molecule has 1 aliphatic rings. The number of nitrogens with zero attached hydrogens (tertiary/aromatic N) is 1. The van der Waals surface area contributed by atoms with Gasteiger partial charge in [-0.1, -0.05) is 43.2 Å². The average Bonchev–Trinajstić information content (AvgIpc) is 2.98. The Labute approximate surface area is 126 Å². The minimum absolute atomic E-state index is 0.112. The first-order valence-electron chi connectivity index (χ1n) is 7.58. The zero-order valence-electron chi connectivity index (χ0n) is 12.9. The van der Waals surface area contributed by atoms with E-state index in [1.54, 1.807) is 19.1 Å². The van der Waals surface area contributed by atoms with Crippen LogP contribution >= 0.6 is 0 Å². The molecule has 1 aromatic carbocycles. The van der Waals surface area contributed by atoms with Crippen LogP contribution in [0.5, 0.6) is 0 Å². The number of rotatable bonds is 6. The number of likely N-dealkylation sites (N-methyl/N-ethyl adjacent to an activating group) is 1. The summed E-state index contributed by atoms with van der Waals surface area (Å²) < 4.78 is 4.93. The maximum absolute atomic E-state index is 13.0. The Morgan fingerprint density at radius 3 is 2.52 bits per heavy atom. The van der Waals surface area contributed by atoms with Gasteiger partial charge >= 0.3 is 0 Å². The summed E-state index contributed by atoms with van der Waals surface area (Å²) in [5.74, 6) is 0.112. The van der Waals surface area contributed by atoms with Crippen LogP contribution in [0.25, 0.3) is 0 Å². The number of hydrogen-bond acceptors (Lipinski definition) is 3. The first-order chi connectivity index (χ1) is 10.1. The van der Waals surface area contributed by atoms with E-state index in [1.807, 2.05) is 30.3 Å². The quantitative estimate of drug-likeness (QED) is 0.871. The molecule has 1 atom stereocenters. The summed E-state index contributed by atoms with van der Waals surface area (Å²) in [4.78, 5) is 14.6. The molecule has 1 aliphatic carbocycles. The molecule has 116 valence electrons. The second-order valence-corrected chi connectivity index (χ2v) is 5.95. The summed E-state index contributed by atoms with van der Waals surface area (Å²) in [5, 5.41) is 9.85. The van der Waals surface area contributed by atoms with E-state index in [-0.39, 0.29) is 12.5 Å². The molecule has 4 heteroatoms. The van der Waals surface area contributed by atoms with Crippen molar-refractivity contribution in [3.63, 3.8) is 0 Å². The molecule has 0 aromatic heterocycles. The predicted molar refractivity (Wildman–Crippen MR) is 82.1 cm³/mol. The Balaban J connectivity index is 2.17. The smallest absolute Gasteiger partial charge is 0.233 e. The van der Waals surface area contributed by atoms with E-state index in [2.05, 4.69) is 0 Å². The van der Waals surface area contributed by atoms with Crippen molar-refractivity contribution in [3.8, 4) is 0 Å². The van der Waals surface area contributed by atoms with Gasteiger partial charge in [0.25, 0.3) is 0 Å². The van der Waals surface area contributed by atoms with Gasteiger partial charge in [-0.05, 0) is 18.4 Å². The summed E-state index contributed by atoms with van der Waals surface area (Å²) >= 11 is 0. The fourth-order valence-corrected chi connectivity index (χ4v) is 3.37. The number of aliphatic hydroxyl groups excluding tert-OH is 1. The predicted octanol–water partition coefficient (Wildman–Crippen LogP) is 1.96. The average molecular weight is 291 g/mol. The van der Waals surface area contributed by atoms with Gasteiger partial charge < -0.3 is 14.7 Å². The normalized spacial score (nSPS) is 18.4.